The summed E-state index contributed by atoms with van der Waals surface area (Å²) in [6, 6.07) is 10.9. The van der Waals surface area contributed by atoms with E-state index in [1.165, 1.54) is 50.5 Å². The molecule has 0 aromatic heterocycles. The predicted octanol–water partition coefficient (Wildman–Crippen LogP) is 5.54. The minimum Gasteiger partial charge on any atom is -0.0654 e. The Morgan fingerprint density at radius 1 is 0.875 bits per heavy atom. The molecule has 0 saturated heterocycles. The molecule has 0 saturated carbocycles. The summed E-state index contributed by atoms with van der Waals surface area (Å²) in [7, 11) is 0. The molecule has 0 aliphatic heterocycles. The van der Waals surface area contributed by atoms with Crippen molar-refractivity contribution in [2.45, 2.75) is 64.7 Å². The monoisotopic (exact) mass is 218 g/mol. The van der Waals surface area contributed by atoms with E-state index in [0.29, 0.717) is 0 Å². The normalized spacial score (nSPS) is 12.6. The maximum atomic E-state index is 2.35. The van der Waals surface area contributed by atoms with Gasteiger partial charge in [-0.2, -0.15) is 0 Å². The molecule has 0 radical (unpaired) electrons. The molecule has 1 aromatic rings. The van der Waals surface area contributed by atoms with Gasteiger partial charge in [0.2, 0.25) is 0 Å². The van der Waals surface area contributed by atoms with E-state index in [1.54, 1.807) is 0 Å². The number of hydrogen-bond acceptors (Lipinski definition) is 0. The van der Waals surface area contributed by atoms with Crippen molar-refractivity contribution in [1.29, 1.82) is 0 Å². The van der Waals surface area contributed by atoms with Gasteiger partial charge in [0.1, 0.15) is 0 Å². The summed E-state index contributed by atoms with van der Waals surface area (Å²) in [5.41, 5.74) is 1.50. The highest BCUT2D eigenvalue weighted by atomic mass is 14.1. The molecule has 1 rings (SSSR count). The van der Waals surface area contributed by atoms with Gasteiger partial charge < -0.3 is 0 Å². The minimum atomic E-state index is 0.729. The van der Waals surface area contributed by atoms with Crippen molar-refractivity contribution in [3.8, 4) is 0 Å². The summed E-state index contributed by atoms with van der Waals surface area (Å²) in [6.45, 7) is 4.62. The van der Waals surface area contributed by atoms with Gasteiger partial charge in [-0.05, 0) is 17.9 Å². The van der Waals surface area contributed by atoms with Gasteiger partial charge in [-0.1, -0.05) is 82.7 Å². The second-order valence-corrected chi connectivity index (χ2v) is 4.87. The standard InChI is InChI=1S/C16H26/c1-3-4-5-6-7-9-12-15(2)16-13-10-8-11-14-16/h8,10-11,13-15H,3-7,9,12H2,1-2H3. The Labute approximate surface area is 101 Å². The Bertz CT molecular complexity index is 250. The van der Waals surface area contributed by atoms with Crippen LogP contribution in [0.25, 0.3) is 0 Å². The van der Waals surface area contributed by atoms with Gasteiger partial charge in [0.05, 0.1) is 0 Å². The topological polar surface area (TPSA) is 0 Å². The van der Waals surface area contributed by atoms with E-state index in [-0.39, 0.29) is 0 Å². The first kappa shape index (κ1) is 13.3. The molecule has 0 N–H and O–H groups in total. The molecular formula is C16H26. The molecule has 1 aromatic carbocycles. The molecule has 0 amide bonds. The number of rotatable bonds is 8. The summed E-state index contributed by atoms with van der Waals surface area (Å²) in [5.74, 6) is 0.729. The molecular weight excluding hydrogens is 192 g/mol. The summed E-state index contributed by atoms with van der Waals surface area (Å²) in [5, 5.41) is 0. The van der Waals surface area contributed by atoms with Crippen molar-refractivity contribution in [2.24, 2.45) is 0 Å². The van der Waals surface area contributed by atoms with Gasteiger partial charge in [-0.3, -0.25) is 0 Å². The Morgan fingerprint density at radius 2 is 1.50 bits per heavy atom. The predicted molar refractivity (Wildman–Crippen MR) is 72.9 cm³/mol. The van der Waals surface area contributed by atoms with E-state index in [4.69, 9.17) is 0 Å². The Kier molecular flexibility index (Phi) is 6.96. The largest absolute Gasteiger partial charge is 0.0654 e. The zero-order valence-electron chi connectivity index (χ0n) is 10.9. The van der Waals surface area contributed by atoms with Crippen LogP contribution < -0.4 is 0 Å². The van der Waals surface area contributed by atoms with Crippen LogP contribution in [0.3, 0.4) is 0 Å². The zero-order valence-corrected chi connectivity index (χ0v) is 10.9. The highest BCUT2D eigenvalue weighted by Crippen LogP contribution is 2.21. The van der Waals surface area contributed by atoms with Crippen LogP contribution in [0, 0.1) is 0 Å². The van der Waals surface area contributed by atoms with E-state index in [2.05, 4.69) is 44.2 Å². The molecule has 90 valence electrons. The van der Waals surface area contributed by atoms with Gasteiger partial charge >= 0.3 is 0 Å². The van der Waals surface area contributed by atoms with Crippen molar-refractivity contribution in [3.05, 3.63) is 35.9 Å². The van der Waals surface area contributed by atoms with Crippen molar-refractivity contribution in [2.75, 3.05) is 0 Å². The average Bonchev–Trinajstić information content (AvgIpc) is 2.34. The van der Waals surface area contributed by atoms with Crippen LogP contribution >= 0.6 is 0 Å². The van der Waals surface area contributed by atoms with Crippen LogP contribution in [0.2, 0.25) is 0 Å². The third kappa shape index (κ3) is 5.34. The molecule has 0 heteroatoms. The summed E-state index contributed by atoms with van der Waals surface area (Å²) >= 11 is 0. The van der Waals surface area contributed by atoms with Crippen LogP contribution in [0.5, 0.6) is 0 Å². The third-order valence-electron chi connectivity index (χ3n) is 3.36. The molecule has 0 spiro atoms. The Morgan fingerprint density at radius 3 is 2.19 bits per heavy atom. The Hall–Kier alpha value is -0.780. The molecule has 1 atom stereocenters. The lowest BCUT2D eigenvalue weighted by Crippen LogP contribution is -1.93. The molecule has 0 aliphatic rings. The number of unbranched alkanes of at least 4 members (excludes halogenated alkanes) is 5. The first-order chi connectivity index (χ1) is 7.84. The number of benzene rings is 1. The minimum absolute atomic E-state index is 0.729. The molecule has 0 fully saturated rings. The van der Waals surface area contributed by atoms with E-state index in [9.17, 15) is 0 Å². The summed E-state index contributed by atoms with van der Waals surface area (Å²) < 4.78 is 0. The van der Waals surface area contributed by atoms with E-state index in [0.717, 1.165) is 5.92 Å². The Balaban J connectivity index is 2.09. The average molecular weight is 218 g/mol. The first-order valence-electron chi connectivity index (χ1n) is 6.89. The number of hydrogen-bond donors (Lipinski definition) is 0. The third-order valence-corrected chi connectivity index (χ3v) is 3.36. The lowest BCUT2D eigenvalue weighted by Gasteiger charge is -2.11. The van der Waals surface area contributed by atoms with Crippen LogP contribution in [-0.2, 0) is 0 Å². The molecule has 0 heterocycles. The molecule has 0 nitrogen and oxygen atoms in total. The van der Waals surface area contributed by atoms with Gasteiger partial charge in [0, 0.05) is 0 Å². The molecule has 1 unspecified atom stereocenters. The van der Waals surface area contributed by atoms with Gasteiger partial charge in [-0.25, -0.2) is 0 Å². The van der Waals surface area contributed by atoms with Crippen molar-refractivity contribution >= 4 is 0 Å². The molecule has 0 aliphatic carbocycles. The van der Waals surface area contributed by atoms with E-state index < -0.39 is 0 Å². The van der Waals surface area contributed by atoms with Crippen LogP contribution in [0.15, 0.2) is 30.3 Å². The van der Waals surface area contributed by atoms with Crippen LogP contribution in [0.1, 0.15) is 70.3 Å². The van der Waals surface area contributed by atoms with Crippen molar-refractivity contribution < 1.29 is 0 Å². The smallest absolute Gasteiger partial charge is 0.0190 e. The second-order valence-electron chi connectivity index (χ2n) is 4.87. The molecule has 0 bridgehead atoms. The van der Waals surface area contributed by atoms with Crippen molar-refractivity contribution in [1.82, 2.24) is 0 Å². The van der Waals surface area contributed by atoms with Gasteiger partial charge in [-0.15, -0.1) is 0 Å². The fourth-order valence-corrected chi connectivity index (χ4v) is 2.18. The van der Waals surface area contributed by atoms with Gasteiger partial charge in [0.25, 0.3) is 0 Å². The van der Waals surface area contributed by atoms with Crippen LogP contribution in [-0.4, -0.2) is 0 Å². The maximum absolute atomic E-state index is 2.35. The zero-order chi connectivity index (χ0) is 11.6. The summed E-state index contributed by atoms with van der Waals surface area (Å²) in [4.78, 5) is 0. The first-order valence-corrected chi connectivity index (χ1v) is 6.89. The fraction of sp³-hybridized carbons (Fsp3) is 0.625. The SMILES string of the molecule is CCCCCCCCC(C)c1ccccc1. The quantitative estimate of drug-likeness (QED) is 0.502. The summed E-state index contributed by atoms with van der Waals surface area (Å²) in [6.07, 6.45) is 9.76. The lowest BCUT2D eigenvalue weighted by atomic mass is 9.95. The molecule has 16 heavy (non-hydrogen) atoms. The van der Waals surface area contributed by atoms with E-state index >= 15 is 0 Å². The second kappa shape index (κ2) is 8.38. The highest BCUT2D eigenvalue weighted by molar-refractivity contribution is 5.18. The van der Waals surface area contributed by atoms with E-state index in [1.807, 2.05) is 0 Å². The van der Waals surface area contributed by atoms with Crippen molar-refractivity contribution in [3.63, 3.8) is 0 Å². The highest BCUT2D eigenvalue weighted by Gasteiger charge is 2.03. The van der Waals surface area contributed by atoms with Gasteiger partial charge in [0.15, 0.2) is 0 Å². The lowest BCUT2D eigenvalue weighted by molar-refractivity contribution is 0.557. The van der Waals surface area contributed by atoms with Crippen LogP contribution in [0.4, 0.5) is 0 Å². The fourth-order valence-electron chi connectivity index (χ4n) is 2.18. The maximum Gasteiger partial charge on any atom is -0.0190 e.